The van der Waals surface area contributed by atoms with E-state index in [0.29, 0.717) is 0 Å². The van der Waals surface area contributed by atoms with E-state index < -0.39 is 0 Å². The third-order valence-corrected chi connectivity index (χ3v) is 3.71. The molecule has 1 aromatic rings. The molecule has 0 aromatic heterocycles. The van der Waals surface area contributed by atoms with Gasteiger partial charge >= 0.3 is 0 Å². The van der Waals surface area contributed by atoms with Crippen molar-refractivity contribution >= 4 is 0 Å². The zero-order valence-corrected chi connectivity index (χ0v) is 11.8. The Morgan fingerprint density at radius 3 is 2.67 bits per heavy atom. The molecule has 1 fully saturated rings. The quantitative estimate of drug-likeness (QED) is 0.858. The van der Waals surface area contributed by atoms with Crippen LogP contribution in [-0.4, -0.2) is 18.7 Å². The van der Waals surface area contributed by atoms with E-state index >= 15 is 0 Å². The van der Waals surface area contributed by atoms with Gasteiger partial charge in [0.05, 0.1) is 0 Å². The normalized spacial score (nSPS) is 17.9. The van der Waals surface area contributed by atoms with Crippen molar-refractivity contribution in [1.82, 2.24) is 5.32 Å². The first-order valence-corrected chi connectivity index (χ1v) is 7.12. The summed E-state index contributed by atoms with van der Waals surface area (Å²) >= 11 is 0. The van der Waals surface area contributed by atoms with Gasteiger partial charge in [-0.1, -0.05) is 30.5 Å². The lowest BCUT2D eigenvalue weighted by Gasteiger charge is -2.19. The highest BCUT2D eigenvalue weighted by Crippen LogP contribution is 2.20. The third kappa shape index (κ3) is 3.74. The van der Waals surface area contributed by atoms with Crippen LogP contribution >= 0.6 is 0 Å². The summed E-state index contributed by atoms with van der Waals surface area (Å²) in [7, 11) is 0. The molecule has 1 aliphatic rings. The first kappa shape index (κ1) is 13.4. The standard InChI is InChI=1S/C16H25NO/c1-12-8-9-16(13(2)10-12)18-14(3)11-17-15-6-4-5-7-15/h8-10,14-15,17H,4-7,11H2,1-3H3. The van der Waals surface area contributed by atoms with Crippen LogP contribution in [0.4, 0.5) is 0 Å². The van der Waals surface area contributed by atoms with Gasteiger partial charge in [0.25, 0.3) is 0 Å². The van der Waals surface area contributed by atoms with E-state index in [-0.39, 0.29) is 6.10 Å². The first-order chi connectivity index (χ1) is 8.65. The first-order valence-electron chi connectivity index (χ1n) is 7.12. The fraction of sp³-hybridized carbons (Fsp3) is 0.625. The van der Waals surface area contributed by atoms with E-state index in [4.69, 9.17) is 4.74 Å². The Hall–Kier alpha value is -1.02. The molecule has 18 heavy (non-hydrogen) atoms. The topological polar surface area (TPSA) is 21.3 Å². The van der Waals surface area contributed by atoms with Crippen LogP contribution in [0.2, 0.25) is 0 Å². The van der Waals surface area contributed by atoms with Crippen molar-refractivity contribution in [1.29, 1.82) is 0 Å². The van der Waals surface area contributed by atoms with Crippen molar-refractivity contribution in [2.75, 3.05) is 6.54 Å². The van der Waals surface area contributed by atoms with Crippen LogP contribution in [-0.2, 0) is 0 Å². The van der Waals surface area contributed by atoms with Crippen LogP contribution in [0.25, 0.3) is 0 Å². The molecule has 2 rings (SSSR count). The second-order valence-corrected chi connectivity index (χ2v) is 5.59. The molecule has 2 nitrogen and oxygen atoms in total. The van der Waals surface area contributed by atoms with Crippen molar-refractivity contribution in [2.45, 2.75) is 58.6 Å². The van der Waals surface area contributed by atoms with Gasteiger partial charge in [0, 0.05) is 12.6 Å². The maximum Gasteiger partial charge on any atom is 0.122 e. The molecule has 2 heteroatoms. The lowest BCUT2D eigenvalue weighted by atomic mass is 10.1. The van der Waals surface area contributed by atoms with Gasteiger partial charge in [0.15, 0.2) is 0 Å². The molecule has 0 amide bonds. The van der Waals surface area contributed by atoms with E-state index in [1.165, 1.54) is 36.8 Å². The summed E-state index contributed by atoms with van der Waals surface area (Å²) in [4.78, 5) is 0. The van der Waals surface area contributed by atoms with Gasteiger partial charge in [-0.2, -0.15) is 0 Å². The number of hydrogen-bond acceptors (Lipinski definition) is 2. The minimum Gasteiger partial charge on any atom is -0.489 e. The number of ether oxygens (including phenoxy) is 1. The van der Waals surface area contributed by atoms with E-state index in [0.717, 1.165) is 18.3 Å². The lowest BCUT2D eigenvalue weighted by Crippen LogP contribution is -2.35. The number of rotatable bonds is 5. The van der Waals surface area contributed by atoms with Gasteiger partial charge in [-0.15, -0.1) is 0 Å². The Morgan fingerprint density at radius 1 is 1.28 bits per heavy atom. The summed E-state index contributed by atoms with van der Waals surface area (Å²) < 4.78 is 6.00. The molecular weight excluding hydrogens is 222 g/mol. The molecule has 1 saturated carbocycles. The molecule has 0 radical (unpaired) electrons. The Bertz CT molecular complexity index is 383. The highest BCUT2D eigenvalue weighted by molar-refractivity contribution is 5.35. The second-order valence-electron chi connectivity index (χ2n) is 5.59. The Labute approximate surface area is 111 Å². The molecule has 1 atom stereocenters. The van der Waals surface area contributed by atoms with E-state index in [2.05, 4.69) is 44.3 Å². The Kier molecular flexibility index (Phi) is 4.65. The average molecular weight is 247 g/mol. The van der Waals surface area contributed by atoms with E-state index in [1.807, 2.05) is 0 Å². The van der Waals surface area contributed by atoms with Crippen molar-refractivity contribution in [3.63, 3.8) is 0 Å². The predicted octanol–water partition coefficient (Wildman–Crippen LogP) is 3.60. The number of benzene rings is 1. The van der Waals surface area contributed by atoms with Crippen LogP contribution in [0.5, 0.6) is 5.75 Å². The maximum atomic E-state index is 6.00. The molecule has 0 aliphatic heterocycles. The van der Waals surface area contributed by atoms with E-state index in [9.17, 15) is 0 Å². The molecule has 1 N–H and O–H groups in total. The molecule has 0 spiro atoms. The number of hydrogen-bond donors (Lipinski definition) is 1. The summed E-state index contributed by atoms with van der Waals surface area (Å²) in [5.74, 6) is 1.02. The third-order valence-electron chi connectivity index (χ3n) is 3.71. The monoisotopic (exact) mass is 247 g/mol. The van der Waals surface area contributed by atoms with Gasteiger partial charge in [-0.3, -0.25) is 0 Å². The SMILES string of the molecule is Cc1ccc(OC(C)CNC2CCCC2)c(C)c1. The van der Waals surface area contributed by atoms with Crippen LogP contribution in [0.1, 0.15) is 43.7 Å². The average Bonchev–Trinajstić information content (AvgIpc) is 2.83. The van der Waals surface area contributed by atoms with Crippen LogP contribution < -0.4 is 10.1 Å². The zero-order chi connectivity index (χ0) is 13.0. The van der Waals surface area contributed by atoms with Crippen molar-refractivity contribution < 1.29 is 4.74 Å². The molecule has 0 saturated heterocycles. The molecular formula is C16H25NO. The molecule has 1 unspecified atom stereocenters. The largest absolute Gasteiger partial charge is 0.489 e. The molecule has 0 heterocycles. The van der Waals surface area contributed by atoms with Gasteiger partial charge in [0.2, 0.25) is 0 Å². The second kappa shape index (κ2) is 6.24. The molecule has 1 aromatic carbocycles. The zero-order valence-electron chi connectivity index (χ0n) is 11.8. The summed E-state index contributed by atoms with van der Waals surface area (Å²) in [5.41, 5.74) is 2.51. The van der Waals surface area contributed by atoms with Crippen molar-refractivity contribution in [3.05, 3.63) is 29.3 Å². The molecule has 0 bridgehead atoms. The lowest BCUT2D eigenvalue weighted by molar-refractivity contribution is 0.210. The molecule has 100 valence electrons. The van der Waals surface area contributed by atoms with Crippen molar-refractivity contribution in [3.8, 4) is 5.75 Å². The highest BCUT2D eigenvalue weighted by atomic mass is 16.5. The van der Waals surface area contributed by atoms with E-state index in [1.54, 1.807) is 0 Å². The summed E-state index contributed by atoms with van der Waals surface area (Å²) in [6.07, 6.45) is 5.65. The summed E-state index contributed by atoms with van der Waals surface area (Å²) in [6.45, 7) is 7.31. The number of aryl methyl sites for hydroxylation is 2. The van der Waals surface area contributed by atoms with Gasteiger partial charge in [0.1, 0.15) is 11.9 Å². The van der Waals surface area contributed by atoms with Gasteiger partial charge < -0.3 is 10.1 Å². The van der Waals surface area contributed by atoms with Crippen LogP contribution in [0, 0.1) is 13.8 Å². The maximum absolute atomic E-state index is 6.00. The Balaban J connectivity index is 1.80. The minimum absolute atomic E-state index is 0.229. The molecule has 1 aliphatic carbocycles. The number of nitrogens with one attached hydrogen (secondary N) is 1. The van der Waals surface area contributed by atoms with Gasteiger partial charge in [-0.25, -0.2) is 0 Å². The fourth-order valence-corrected chi connectivity index (χ4v) is 2.65. The smallest absolute Gasteiger partial charge is 0.122 e. The predicted molar refractivity (Wildman–Crippen MR) is 76.3 cm³/mol. The van der Waals surface area contributed by atoms with Crippen LogP contribution in [0.3, 0.4) is 0 Å². The summed E-state index contributed by atoms with van der Waals surface area (Å²) in [5, 5.41) is 3.61. The fourth-order valence-electron chi connectivity index (χ4n) is 2.65. The minimum atomic E-state index is 0.229. The summed E-state index contributed by atoms with van der Waals surface area (Å²) in [6, 6.07) is 7.08. The van der Waals surface area contributed by atoms with Crippen LogP contribution in [0.15, 0.2) is 18.2 Å². The van der Waals surface area contributed by atoms with Gasteiger partial charge in [-0.05, 0) is 45.2 Å². The van der Waals surface area contributed by atoms with Crippen molar-refractivity contribution in [2.24, 2.45) is 0 Å². The highest BCUT2D eigenvalue weighted by Gasteiger charge is 2.15. The Morgan fingerprint density at radius 2 is 2.00 bits per heavy atom.